The molecule has 1 unspecified atom stereocenters. The highest BCUT2D eigenvalue weighted by atomic mass is 79.9. The van der Waals surface area contributed by atoms with Crippen LogP contribution in [-0.4, -0.2) is 23.7 Å². The van der Waals surface area contributed by atoms with E-state index in [-0.39, 0.29) is 6.04 Å². The van der Waals surface area contributed by atoms with Crippen molar-refractivity contribution >= 4 is 15.9 Å². The number of aromatic nitrogens is 2. The SMILES string of the molecule is CNC(Cc1cc(OC)ccc1Br)c1cn(C)cn1. The van der Waals surface area contributed by atoms with Crippen LogP contribution in [0, 0.1) is 0 Å². The van der Waals surface area contributed by atoms with Crippen molar-refractivity contribution in [2.45, 2.75) is 12.5 Å². The van der Waals surface area contributed by atoms with Gasteiger partial charge in [0.25, 0.3) is 0 Å². The summed E-state index contributed by atoms with van der Waals surface area (Å²) in [4.78, 5) is 4.41. The summed E-state index contributed by atoms with van der Waals surface area (Å²) >= 11 is 3.59. The van der Waals surface area contributed by atoms with Crippen LogP contribution in [0.5, 0.6) is 5.75 Å². The summed E-state index contributed by atoms with van der Waals surface area (Å²) in [5.74, 6) is 0.870. The van der Waals surface area contributed by atoms with Gasteiger partial charge in [-0.15, -0.1) is 0 Å². The standard InChI is InChI=1S/C14H18BrN3O/c1-16-13(14-8-18(2)9-17-14)7-10-6-11(19-3)4-5-12(10)15/h4-6,8-9,13,16H,7H2,1-3H3. The normalized spacial score (nSPS) is 12.4. The maximum absolute atomic E-state index is 5.27. The van der Waals surface area contributed by atoms with Crippen molar-refractivity contribution in [3.05, 3.63) is 46.5 Å². The van der Waals surface area contributed by atoms with Crippen LogP contribution in [0.4, 0.5) is 0 Å². The summed E-state index contributed by atoms with van der Waals surface area (Å²) in [6.07, 6.45) is 4.71. The molecule has 0 saturated carbocycles. The number of likely N-dealkylation sites (N-methyl/N-ethyl adjacent to an activating group) is 1. The number of halogens is 1. The van der Waals surface area contributed by atoms with E-state index in [0.29, 0.717) is 0 Å². The first-order valence-corrected chi connectivity index (χ1v) is 6.91. The van der Waals surface area contributed by atoms with E-state index in [2.05, 4.69) is 32.3 Å². The minimum atomic E-state index is 0.185. The zero-order valence-corrected chi connectivity index (χ0v) is 12.9. The lowest BCUT2D eigenvalue weighted by atomic mass is 10.0. The summed E-state index contributed by atoms with van der Waals surface area (Å²) < 4.78 is 8.32. The Morgan fingerprint density at radius 2 is 2.26 bits per heavy atom. The topological polar surface area (TPSA) is 39.1 Å². The molecule has 0 aliphatic rings. The predicted molar refractivity (Wildman–Crippen MR) is 79.4 cm³/mol. The zero-order chi connectivity index (χ0) is 13.8. The molecule has 5 heteroatoms. The maximum Gasteiger partial charge on any atom is 0.119 e. The Hall–Kier alpha value is -1.33. The number of rotatable bonds is 5. The highest BCUT2D eigenvalue weighted by molar-refractivity contribution is 9.10. The molecule has 4 nitrogen and oxygen atoms in total. The molecule has 102 valence electrons. The van der Waals surface area contributed by atoms with Crippen LogP contribution in [0.3, 0.4) is 0 Å². The zero-order valence-electron chi connectivity index (χ0n) is 11.4. The van der Waals surface area contributed by atoms with Gasteiger partial charge in [0.1, 0.15) is 5.75 Å². The van der Waals surface area contributed by atoms with Gasteiger partial charge in [-0.25, -0.2) is 4.98 Å². The third kappa shape index (κ3) is 3.36. The third-order valence-corrected chi connectivity index (χ3v) is 3.88. The van der Waals surface area contributed by atoms with Gasteiger partial charge in [0.05, 0.1) is 25.2 Å². The number of aryl methyl sites for hydroxylation is 1. The maximum atomic E-state index is 5.27. The molecular formula is C14H18BrN3O. The Bertz CT molecular complexity index is 553. The number of nitrogens with one attached hydrogen (secondary N) is 1. The first-order valence-electron chi connectivity index (χ1n) is 6.11. The van der Waals surface area contributed by atoms with Crippen molar-refractivity contribution < 1.29 is 4.74 Å². The number of hydrogen-bond donors (Lipinski definition) is 1. The van der Waals surface area contributed by atoms with Crippen LogP contribution >= 0.6 is 15.9 Å². The van der Waals surface area contributed by atoms with Crippen LogP contribution in [0.15, 0.2) is 35.2 Å². The molecule has 0 radical (unpaired) electrons. The average Bonchev–Trinajstić information content (AvgIpc) is 2.84. The molecule has 19 heavy (non-hydrogen) atoms. The molecule has 0 bridgehead atoms. The summed E-state index contributed by atoms with van der Waals surface area (Å²) in [7, 11) is 5.61. The minimum Gasteiger partial charge on any atom is -0.497 e. The second-order valence-electron chi connectivity index (χ2n) is 4.47. The van der Waals surface area contributed by atoms with Gasteiger partial charge in [-0.2, -0.15) is 0 Å². The molecule has 1 N–H and O–H groups in total. The monoisotopic (exact) mass is 323 g/mol. The Morgan fingerprint density at radius 1 is 1.47 bits per heavy atom. The second kappa shape index (κ2) is 6.21. The fourth-order valence-corrected chi connectivity index (χ4v) is 2.43. The van der Waals surface area contributed by atoms with E-state index in [1.54, 1.807) is 7.11 Å². The van der Waals surface area contributed by atoms with Crippen molar-refractivity contribution in [2.24, 2.45) is 7.05 Å². The fourth-order valence-electron chi connectivity index (χ4n) is 2.02. The smallest absolute Gasteiger partial charge is 0.119 e. The van der Waals surface area contributed by atoms with Gasteiger partial charge in [-0.3, -0.25) is 0 Å². The van der Waals surface area contributed by atoms with Crippen LogP contribution in [0.2, 0.25) is 0 Å². The first kappa shape index (κ1) is 14.1. The van der Waals surface area contributed by atoms with E-state index in [0.717, 1.165) is 22.3 Å². The fraction of sp³-hybridized carbons (Fsp3) is 0.357. The van der Waals surface area contributed by atoms with Gasteiger partial charge in [-0.1, -0.05) is 15.9 Å². The molecule has 0 aliphatic heterocycles. The Balaban J connectivity index is 2.23. The highest BCUT2D eigenvalue weighted by Gasteiger charge is 2.14. The number of ether oxygens (including phenoxy) is 1. The Kier molecular flexibility index (Phi) is 4.61. The summed E-state index contributed by atoms with van der Waals surface area (Å²) in [6.45, 7) is 0. The number of hydrogen-bond acceptors (Lipinski definition) is 3. The van der Waals surface area contributed by atoms with Gasteiger partial charge >= 0.3 is 0 Å². The van der Waals surface area contributed by atoms with E-state index >= 15 is 0 Å². The summed E-state index contributed by atoms with van der Waals surface area (Å²) in [5.41, 5.74) is 2.24. The summed E-state index contributed by atoms with van der Waals surface area (Å²) in [6, 6.07) is 6.20. The van der Waals surface area contributed by atoms with Crippen LogP contribution in [0.1, 0.15) is 17.3 Å². The van der Waals surface area contributed by atoms with Crippen molar-refractivity contribution in [1.82, 2.24) is 14.9 Å². The van der Waals surface area contributed by atoms with Gasteiger partial charge in [0, 0.05) is 17.7 Å². The number of benzene rings is 1. The molecule has 0 fully saturated rings. The van der Waals surface area contributed by atoms with E-state index in [9.17, 15) is 0 Å². The van der Waals surface area contributed by atoms with Gasteiger partial charge in [-0.05, 0) is 37.2 Å². The first-order chi connectivity index (χ1) is 9.13. The van der Waals surface area contributed by atoms with E-state index in [4.69, 9.17) is 4.74 Å². The second-order valence-corrected chi connectivity index (χ2v) is 5.32. The van der Waals surface area contributed by atoms with Crippen molar-refractivity contribution in [3.63, 3.8) is 0 Å². The lowest BCUT2D eigenvalue weighted by Gasteiger charge is -2.15. The van der Waals surface area contributed by atoms with Crippen molar-refractivity contribution in [3.8, 4) is 5.75 Å². The average molecular weight is 324 g/mol. The van der Waals surface area contributed by atoms with E-state index in [1.807, 2.05) is 43.3 Å². The quantitative estimate of drug-likeness (QED) is 0.919. The number of imidazole rings is 1. The number of methoxy groups -OCH3 is 1. The van der Waals surface area contributed by atoms with Gasteiger partial charge in [0.2, 0.25) is 0 Å². The molecule has 0 amide bonds. The predicted octanol–water partition coefficient (Wildman–Crippen LogP) is 2.69. The van der Waals surface area contributed by atoms with Crippen LogP contribution in [-0.2, 0) is 13.5 Å². The summed E-state index contributed by atoms with van der Waals surface area (Å²) in [5, 5.41) is 3.31. The van der Waals surface area contributed by atoms with Crippen LogP contribution in [0.25, 0.3) is 0 Å². The minimum absolute atomic E-state index is 0.185. The molecule has 0 spiro atoms. The molecule has 1 heterocycles. The lowest BCUT2D eigenvalue weighted by molar-refractivity contribution is 0.413. The van der Waals surface area contributed by atoms with Crippen molar-refractivity contribution in [2.75, 3.05) is 14.2 Å². The molecule has 2 aromatic rings. The molecule has 0 aliphatic carbocycles. The van der Waals surface area contributed by atoms with Gasteiger partial charge in [0.15, 0.2) is 0 Å². The molecule has 2 rings (SSSR count). The molecule has 0 saturated heterocycles. The number of nitrogens with zero attached hydrogens (tertiary/aromatic N) is 2. The Labute approximate surface area is 121 Å². The third-order valence-electron chi connectivity index (χ3n) is 3.11. The molecular weight excluding hydrogens is 306 g/mol. The highest BCUT2D eigenvalue weighted by Crippen LogP contribution is 2.26. The Morgan fingerprint density at radius 3 is 2.84 bits per heavy atom. The van der Waals surface area contributed by atoms with Gasteiger partial charge < -0.3 is 14.6 Å². The van der Waals surface area contributed by atoms with E-state index in [1.165, 1.54) is 5.56 Å². The largest absolute Gasteiger partial charge is 0.497 e. The molecule has 1 aromatic carbocycles. The van der Waals surface area contributed by atoms with Crippen molar-refractivity contribution in [1.29, 1.82) is 0 Å². The molecule has 1 aromatic heterocycles. The van der Waals surface area contributed by atoms with E-state index < -0.39 is 0 Å². The lowest BCUT2D eigenvalue weighted by Crippen LogP contribution is -2.19. The van der Waals surface area contributed by atoms with Crippen LogP contribution < -0.4 is 10.1 Å². The molecule has 1 atom stereocenters.